The Balaban J connectivity index is 1.68. The molecular formula is C28H38N2O2S. The minimum absolute atomic E-state index is 0.00649. The van der Waals surface area contributed by atoms with Gasteiger partial charge in [0.1, 0.15) is 6.04 Å². The predicted octanol–water partition coefficient (Wildman–Crippen LogP) is 5.79. The van der Waals surface area contributed by atoms with Crippen LogP contribution in [0.3, 0.4) is 0 Å². The minimum Gasteiger partial charge on any atom is -0.352 e. The summed E-state index contributed by atoms with van der Waals surface area (Å²) in [4.78, 5) is 28.4. The fourth-order valence-electron chi connectivity index (χ4n) is 4.74. The van der Waals surface area contributed by atoms with Crippen molar-refractivity contribution in [3.63, 3.8) is 0 Å². The number of nitrogens with zero attached hydrogens (tertiary/aromatic N) is 1. The van der Waals surface area contributed by atoms with Crippen molar-refractivity contribution in [2.24, 2.45) is 0 Å². The van der Waals surface area contributed by atoms with Gasteiger partial charge in [-0.25, -0.2) is 0 Å². The van der Waals surface area contributed by atoms with Crippen LogP contribution in [0.5, 0.6) is 0 Å². The number of carbonyl (C=O) groups is 2. The van der Waals surface area contributed by atoms with Gasteiger partial charge in [0, 0.05) is 18.3 Å². The van der Waals surface area contributed by atoms with Gasteiger partial charge >= 0.3 is 0 Å². The zero-order valence-electron chi connectivity index (χ0n) is 20.3. The zero-order chi connectivity index (χ0) is 23.6. The van der Waals surface area contributed by atoms with E-state index >= 15 is 0 Å². The third-order valence-corrected chi connectivity index (χ3v) is 7.30. The first-order valence-electron chi connectivity index (χ1n) is 12.2. The van der Waals surface area contributed by atoms with Crippen LogP contribution < -0.4 is 5.32 Å². The highest BCUT2D eigenvalue weighted by molar-refractivity contribution is 7.99. The highest BCUT2D eigenvalue weighted by Gasteiger charge is 2.30. The second-order valence-electron chi connectivity index (χ2n) is 9.26. The van der Waals surface area contributed by atoms with Crippen LogP contribution in [0.1, 0.15) is 67.7 Å². The summed E-state index contributed by atoms with van der Waals surface area (Å²) in [7, 11) is 0. The lowest BCUT2D eigenvalue weighted by atomic mass is 9.95. The Labute approximate surface area is 203 Å². The first-order valence-corrected chi connectivity index (χ1v) is 13.4. The molecule has 0 heterocycles. The van der Waals surface area contributed by atoms with E-state index in [2.05, 4.69) is 37.4 Å². The molecule has 0 saturated heterocycles. The van der Waals surface area contributed by atoms with Gasteiger partial charge in [-0.1, -0.05) is 85.8 Å². The van der Waals surface area contributed by atoms with Crippen molar-refractivity contribution in [2.45, 2.75) is 83.7 Å². The third-order valence-electron chi connectivity index (χ3n) is 6.31. The van der Waals surface area contributed by atoms with E-state index in [-0.39, 0.29) is 17.9 Å². The fraction of sp³-hybridized carbons (Fsp3) is 0.500. The van der Waals surface area contributed by atoms with Crippen molar-refractivity contribution in [1.82, 2.24) is 10.2 Å². The van der Waals surface area contributed by atoms with Crippen LogP contribution in [0.4, 0.5) is 0 Å². The highest BCUT2D eigenvalue weighted by atomic mass is 32.2. The van der Waals surface area contributed by atoms with Crippen LogP contribution in [0.15, 0.2) is 48.5 Å². The summed E-state index contributed by atoms with van der Waals surface area (Å²) < 4.78 is 0. The molecular weight excluding hydrogens is 428 g/mol. The average Bonchev–Trinajstić information content (AvgIpc) is 2.79. The molecule has 1 N–H and O–H groups in total. The van der Waals surface area contributed by atoms with E-state index in [0.29, 0.717) is 18.7 Å². The summed E-state index contributed by atoms with van der Waals surface area (Å²) in [5, 5.41) is 3.25. The van der Waals surface area contributed by atoms with Crippen LogP contribution in [-0.2, 0) is 21.9 Å². The fourth-order valence-corrected chi connectivity index (χ4v) is 5.58. The molecule has 1 aliphatic rings. The van der Waals surface area contributed by atoms with Crippen LogP contribution in [0.2, 0.25) is 0 Å². The Hall–Kier alpha value is -2.27. The Morgan fingerprint density at radius 1 is 1.00 bits per heavy atom. The summed E-state index contributed by atoms with van der Waals surface area (Å²) in [6.45, 7) is 6.66. The molecule has 1 aliphatic carbocycles. The van der Waals surface area contributed by atoms with E-state index in [1.165, 1.54) is 36.0 Å². The van der Waals surface area contributed by atoms with Crippen molar-refractivity contribution in [2.75, 3.05) is 5.75 Å². The second kappa shape index (κ2) is 12.8. The second-order valence-corrected chi connectivity index (χ2v) is 10.2. The Bertz CT molecular complexity index is 889. The van der Waals surface area contributed by atoms with E-state index in [0.717, 1.165) is 24.2 Å². The van der Waals surface area contributed by atoms with Crippen LogP contribution in [0.25, 0.3) is 0 Å². The number of hydrogen-bond acceptors (Lipinski definition) is 3. The molecule has 1 atom stereocenters. The van der Waals surface area contributed by atoms with Gasteiger partial charge < -0.3 is 10.2 Å². The minimum atomic E-state index is -0.443. The SMILES string of the molecule is CC[C@H](C(=O)NC1CCCCC1)N(Cc1ccccc1)C(=O)CSCc1cc(C)cc(C)c1. The number of hydrogen-bond donors (Lipinski definition) is 1. The van der Waals surface area contributed by atoms with Crippen molar-refractivity contribution in [1.29, 1.82) is 0 Å². The van der Waals surface area contributed by atoms with Gasteiger partial charge in [-0.3, -0.25) is 9.59 Å². The normalized spacial score (nSPS) is 15.1. The van der Waals surface area contributed by atoms with Gasteiger partial charge in [0.15, 0.2) is 0 Å². The van der Waals surface area contributed by atoms with Gasteiger partial charge in [-0.2, -0.15) is 0 Å². The van der Waals surface area contributed by atoms with E-state index in [1.54, 1.807) is 16.7 Å². The molecule has 33 heavy (non-hydrogen) atoms. The smallest absolute Gasteiger partial charge is 0.243 e. The summed E-state index contributed by atoms with van der Waals surface area (Å²) in [6, 6.07) is 16.3. The molecule has 1 saturated carbocycles. The number of amides is 2. The molecule has 1 fully saturated rings. The van der Waals surface area contributed by atoms with Crippen LogP contribution in [-0.4, -0.2) is 34.6 Å². The molecule has 5 heteroatoms. The van der Waals surface area contributed by atoms with E-state index in [9.17, 15) is 9.59 Å². The Morgan fingerprint density at radius 3 is 2.30 bits per heavy atom. The van der Waals surface area contributed by atoms with Crippen molar-refractivity contribution in [3.05, 3.63) is 70.8 Å². The van der Waals surface area contributed by atoms with Crippen molar-refractivity contribution < 1.29 is 9.59 Å². The van der Waals surface area contributed by atoms with Gasteiger partial charge in [0.2, 0.25) is 11.8 Å². The number of thioether (sulfide) groups is 1. The summed E-state index contributed by atoms with van der Waals surface area (Å²) >= 11 is 1.62. The Kier molecular flexibility index (Phi) is 9.86. The molecule has 0 unspecified atom stereocenters. The zero-order valence-corrected chi connectivity index (χ0v) is 21.1. The molecule has 0 spiro atoms. The quantitative estimate of drug-likeness (QED) is 0.482. The number of benzene rings is 2. The molecule has 2 amide bonds. The first kappa shape index (κ1) is 25.4. The largest absolute Gasteiger partial charge is 0.352 e. The van der Waals surface area contributed by atoms with Crippen molar-refractivity contribution >= 4 is 23.6 Å². The maximum Gasteiger partial charge on any atom is 0.243 e. The van der Waals surface area contributed by atoms with Gasteiger partial charge in [-0.15, -0.1) is 11.8 Å². The molecule has 0 bridgehead atoms. The maximum atomic E-state index is 13.4. The molecule has 3 rings (SSSR count). The van der Waals surface area contributed by atoms with E-state index in [1.807, 2.05) is 37.3 Å². The van der Waals surface area contributed by atoms with Crippen molar-refractivity contribution in [3.8, 4) is 0 Å². The lowest BCUT2D eigenvalue weighted by Crippen LogP contribution is -2.52. The molecule has 2 aromatic carbocycles. The lowest BCUT2D eigenvalue weighted by Gasteiger charge is -2.32. The monoisotopic (exact) mass is 466 g/mol. The number of aryl methyl sites for hydroxylation is 2. The predicted molar refractivity (Wildman–Crippen MR) is 138 cm³/mol. The average molecular weight is 467 g/mol. The lowest BCUT2D eigenvalue weighted by molar-refractivity contribution is -0.139. The van der Waals surface area contributed by atoms with Gasteiger partial charge in [-0.05, 0) is 44.2 Å². The molecule has 0 radical (unpaired) electrons. The van der Waals surface area contributed by atoms with Crippen LogP contribution >= 0.6 is 11.8 Å². The summed E-state index contributed by atoms with van der Waals surface area (Å²) in [5.74, 6) is 1.18. The number of nitrogens with one attached hydrogen (secondary N) is 1. The molecule has 2 aromatic rings. The van der Waals surface area contributed by atoms with Gasteiger partial charge in [0.25, 0.3) is 0 Å². The van der Waals surface area contributed by atoms with E-state index in [4.69, 9.17) is 0 Å². The summed E-state index contributed by atoms with van der Waals surface area (Å²) in [5.41, 5.74) is 4.78. The number of carbonyl (C=O) groups excluding carboxylic acids is 2. The van der Waals surface area contributed by atoms with Crippen LogP contribution in [0, 0.1) is 13.8 Å². The Morgan fingerprint density at radius 2 is 1.67 bits per heavy atom. The van der Waals surface area contributed by atoms with Gasteiger partial charge in [0.05, 0.1) is 5.75 Å². The molecule has 0 aromatic heterocycles. The molecule has 178 valence electrons. The topological polar surface area (TPSA) is 49.4 Å². The summed E-state index contributed by atoms with van der Waals surface area (Å²) in [6.07, 6.45) is 6.28. The standard InChI is InChI=1S/C28H38N2O2S/c1-4-26(28(32)29-25-13-9-6-10-14-25)30(18-23-11-7-5-8-12-23)27(31)20-33-19-24-16-21(2)15-22(3)17-24/h5,7-8,11-12,15-17,25-26H,4,6,9-10,13-14,18-20H2,1-3H3,(H,29,32)/t26-/m1/s1. The highest BCUT2D eigenvalue weighted by Crippen LogP contribution is 2.21. The molecule has 4 nitrogen and oxygen atoms in total. The number of rotatable bonds is 10. The van der Waals surface area contributed by atoms with E-state index < -0.39 is 6.04 Å². The maximum absolute atomic E-state index is 13.4. The first-order chi connectivity index (χ1) is 16.0. The molecule has 0 aliphatic heterocycles. The third kappa shape index (κ3) is 7.92.